The van der Waals surface area contributed by atoms with Crippen molar-refractivity contribution in [2.45, 2.75) is 12.4 Å². The zero-order chi connectivity index (χ0) is 20.5. The number of nitrogens with one attached hydrogen (secondary N) is 1. The normalized spacial score (nSPS) is 12.1. The van der Waals surface area contributed by atoms with Crippen molar-refractivity contribution < 1.29 is 31.1 Å². The molecular weight excluding hydrogens is 408 g/mol. The molecule has 0 fully saturated rings. The number of aromatic nitrogens is 2. The van der Waals surface area contributed by atoms with Crippen LogP contribution in [0.15, 0.2) is 47.8 Å². The van der Waals surface area contributed by atoms with Gasteiger partial charge in [0.25, 0.3) is 5.91 Å². The molecule has 146 valence electrons. The van der Waals surface area contributed by atoms with Gasteiger partial charge in [-0.05, 0) is 41.9 Å². The maximum atomic E-state index is 12.9. The Hall–Kier alpha value is -2.95. The van der Waals surface area contributed by atoms with Gasteiger partial charge < -0.3 is 5.32 Å². The molecule has 3 aromatic rings. The van der Waals surface area contributed by atoms with Crippen LogP contribution in [0.1, 0.15) is 21.5 Å². The van der Waals surface area contributed by atoms with Crippen LogP contribution in [-0.4, -0.2) is 15.5 Å². The standard InChI is InChI=1S/C17H9F6N3OS/c18-16(19,20)11-5-12(17(21,22)23)7-13(6-11)24-15(27)10-3-1-9(2-4-10)14-8-28-26-25-14/h1-8H,(H,24,27). The Labute approximate surface area is 158 Å². The molecule has 0 aliphatic carbocycles. The first-order valence-corrected chi connectivity index (χ1v) is 8.36. The summed E-state index contributed by atoms with van der Waals surface area (Å²) >= 11 is 1.13. The lowest BCUT2D eigenvalue weighted by Crippen LogP contribution is -2.15. The molecule has 0 bridgehead atoms. The van der Waals surface area contributed by atoms with E-state index in [1.165, 1.54) is 12.1 Å². The summed E-state index contributed by atoms with van der Waals surface area (Å²) in [6.07, 6.45) is -9.99. The summed E-state index contributed by atoms with van der Waals surface area (Å²) in [5.41, 5.74) is -2.35. The van der Waals surface area contributed by atoms with Crippen LogP contribution in [0.3, 0.4) is 0 Å². The van der Waals surface area contributed by atoms with Crippen molar-refractivity contribution in [1.82, 2.24) is 9.59 Å². The van der Waals surface area contributed by atoms with Gasteiger partial charge in [-0.2, -0.15) is 26.3 Å². The molecule has 0 aliphatic heterocycles. The van der Waals surface area contributed by atoms with Crippen molar-refractivity contribution in [3.63, 3.8) is 0 Å². The molecule has 0 aliphatic rings. The predicted octanol–water partition coefficient (Wildman–Crippen LogP) is 5.50. The summed E-state index contributed by atoms with van der Waals surface area (Å²) in [5, 5.41) is 7.60. The van der Waals surface area contributed by atoms with Crippen LogP contribution in [0.2, 0.25) is 0 Å². The van der Waals surface area contributed by atoms with Gasteiger partial charge in [-0.3, -0.25) is 4.79 Å². The van der Waals surface area contributed by atoms with Gasteiger partial charge in [0.2, 0.25) is 0 Å². The molecule has 0 spiro atoms. The van der Waals surface area contributed by atoms with E-state index in [2.05, 4.69) is 14.9 Å². The molecule has 11 heteroatoms. The van der Waals surface area contributed by atoms with Crippen molar-refractivity contribution in [3.05, 3.63) is 64.5 Å². The number of alkyl halides is 6. The lowest BCUT2D eigenvalue weighted by Gasteiger charge is -2.15. The van der Waals surface area contributed by atoms with Gasteiger partial charge in [-0.1, -0.05) is 16.6 Å². The summed E-state index contributed by atoms with van der Waals surface area (Å²) < 4.78 is 81.0. The van der Waals surface area contributed by atoms with Gasteiger partial charge in [-0.25, -0.2) is 0 Å². The highest BCUT2D eigenvalue weighted by Gasteiger charge is 2.37. The van der Waals surface area contributed by atoms with Crippen molar-refractivity contribution in [2.75, 3.05) is 5.32 Å². The molecule has 0 saturated heterocycles. The number of rotatable bonds is 3. The Morgan fingerprint density at radius 3 is 1.93 bits per heavy atom. The number of carbonyl (C=O) groups is 1. The zero-order valence-corrected chi connectivity index (χ0v) is 14.4. The number of anilines is 1. The minimum absolute atomic E-state index is 0.00760. The molecular formula is C17H9F6N3OS. The molecule has 2 aromatic carbocycles. The van der Waals surface area contributed by atoms with E-state index in [1.54, 1.807) is 17.5 Å². The van der Waals surface area contributed by atoms with E-state index in [0.29, 0.717) is 23.4 Å². The number of hydrogen-bond acceptors (Lipinski definition) is 4. The van der Waals surface area contributed by atoms with Gasteiger partial charge >= 0.3 is 12.4 Å². The highest BCUT2D eigenvalue weighted by molar-refractivity contribution is 7.03. The quantitative estimate of drug-likeness (QED) is 0.573. The number of halogens is 6. The van der Waals surface area contributed by atoms with Crippen molar-refractivity contribution in [1.29, 1.82) is 0 Å². The summed E-state index contributed by atoms with van der Waals surface area (Å²) in [6, 6.07) is 6.72. The Balaban J connectivity index is 1.87. The Morgan fingerprint density at radius 2 is 1.46 bits per heavy atom. The molecule has 0 saturated carbocycles. The number of benzene rings is 2. The SMILES string of the molecule is O=C(Nc1cc(C(F)(F)F)cc(C(F)(F)F)c1)c1ccc(-c2csnn2)cc1. The third-order valence-corrected chi connectivity index (χ3v) is 4.15. The maximum absolute atomic E-state index is 12.9. The van der Waals surface area contributed by atoms with Crippen LogP contribution in [-0.2, 0) is 12.4 Å². The number of amides is 1. The number of hydrogen-bond donors (Lipinski definition) is 1. The first-order chi connectivity index (χ1) is 13.0. The lowest BCUT2D eigenvalue weighted by molar-refractivity contribution is -0.143. The Morgan fingerprint density at radius 1 is 0.893 bits per heavy atom. The van der Waals surface area contributed by atoms with Crippen LogP contribution >= 0.6 is 11.5 Å². The van der Waals surface area contributed by atoms with Crippen molar-refractivity contribution >= 4 is 23.1 Å². The molecule has 28 heavy (non-hydrogen) atoms. The number of carbonyl (C=O) groups excluding carboxylic acids is 1. The van der Waals surface area contributed by atoms with Crippen LogP contribution in [0.5, 0.6) is 0 Å². The van der Waals surface area contributed by atoms with Gasteiger partial charge in [0.1, 0.15) is 5.69 Å². The third kappa shape index (κ3) is 4.47. The highest BCUT2D eigenvalue weighted by atomic mass is 32.1. The molecule has 1 amide bonds. The van der Waals surface area contributed by atoms with E-state index < -0.39 is 35.1 Å². The third-order valence-electron chi connectivity index (χ3n) is 3.65. The largest absolute Gasteiger partial charge is 0.416 e. The van der Waals surface area contributed by atoms with E-state index in [0.717, 1.165) is 11.5 Å². The van der Waals surface area contributed by atoms with Crippen LogP contribution in [0, 0.1) is 0 Å². The second-order valence-electron chi connectivity index (χ2n) is 5.62. The van der Waals surface area contributed by atoms with Gasteiger partial charge in [-0.15, -0.1) is 5.10 Å². The molecule has 3 rings (SSSR count). The fourth-order valence-corrected chi connectivity index (χ4v) is 2.78. The van der Waals surface area contributed by atoms with Crippen molar-refractivity contribution in [2.24, 2.45) is 0 Å². The smallest absolute Gasteiger partial charge is 0.322 e. The second-order valence-corrected chi connectivity index (χ2v) is 6.23. The van der Waals surface area contributed by atoms with E-state index >= 15 is 0 Å². The monoisotopic (exact) mass is 417 g/mol. The summed E-state index contributed by atoms with van der Waals surface area (Å²) in [7, 11) is 0. The molecule has 1 N–H and O–H groups in total. The maximum Gasteiger partial charge on any atom is 0.416 e. The fourth-order valence-electron chi connectivity index (χ4n) is 2.31. The molecule has 0 atom stereocenters. The van der Waals surface area contributed by atoms with Crippen LogP contribution < -0.4 is 5.32 Å². The topological polar surface area (TPSA) is 54.9 Å². The lowest BCUT2D eigenvalue weighted by atomic mass is 10.1. The average molecular weight is 417 g/mol. The second kappa shape index (κ2) is 7.23. The minimum Gasteiger partial charge on any atom is -0.322 e. The Kier molecular flexibility index (Phi) is 5.11. The van der Waals surface area contributed by atoms with E-state index in [-0.39, 0.29) is 11.6 Å². The van der Waals surface area contributed by atoms with Crippen molar-refractivity contribution in [3.8, 4) is 11.3 Å². The van der Waals surface area contributed by atoms with E-state index in [9.17, 15) is 31.1 Å². The van der Waals surface area contributed by atoms with E-state index in [1.807, 2.05) is 0 Å². The van der Waals surface area contributed by atoms with Crippen LogP contribution in [0.25, 0.3) is 11.3 Å². The Bertz CT molecular complexity index is 949. The minimum atomic E-state index is -5.00. The molecule has 1 aromatic heterocycles. The van der Waals surface area contributed by atoms with E-state index in [4.69, 9.17) is 0 Å². The van der Waals surface area contributed by atoms with Crippen LogP contribution in [0.4, 0.5) is 32.0 Å². The summed E-state index contributed by atoms with van der Waals surface area (Å²) in [4.78, 5) is 12.2. The summed E-state index contributed by atoms with van der Waals surface area (Å²) in [6.45, 7) is 0. The number of nitrogens with zero attached hydrogens (tertiary/aromatic N) is 2. The average Bonchev–Trinajstić information content (AvgIpc) is 3.15. The highest BCUT2D eigenvalue weighted by Crippen LogP contribution is 2.37. The molecule has 0 radical (unpaired) electrons. The molecule has 1 heterocycles. The van der Waals surface area contributed by atoms with Gasteiger partial charge in [0.15, 0.2) is 0 Å². The zero-order valence-electron chi connectivity index (χ0n) is 13.6. The fraction of sp³-hybridized carbons (Fsp3) is 0.118. The van der Waals surface area contributed by atoms with Gasteiger partial charge in [0, 0.05) is 22.2 Å². The molecule has 0 unspecified atom stereocenters. The van der Waals surface area contributed by atoms with Gasteiger partial charge in [0.05, 0.1) is 11.1 Å². The first-order valence-electron chi connectivity index (χ1n) is 7.52. The summed E-state index contributed by atoms with van der Waals surface area (Å²) in [5.74, 6) is -0.851. The first kappa shape index (κ1) is 19.8. The molecule has 4 nitrogen and oxygen atoms in total. The predicted molar refractivity (Wildman–Crippen MR) is 89.7 cm³/mol.